The molecular formula is C14H8Cl2N2. The van der Waals surface area contributed by atoms with Gasteiger partial charge in [0, 0.05) is 15.6 Å². The number of nitrogens with zero attached hydrogens (tertiary/aromatic N) is 2. The molecule has 0 saturated heterocycles. The predicted molar refractivity (Wildman–Crippen MR) is 74.7 cm³/mol. The van der Waals surface area contributed by atoms with E-state index >= 15 is 0 Å². The third-order valence-corrected chi connectivity index (χ3v) is 2.76. The van der Waals surface area contributed by atoms with Gasteiger partial charge < -0.3 is 0 Å². The van der Waals surface area contributed by atoms with E-state index in [1.807, 2.05) is 0 Å². The number of hydrogen-bond acceptors (Lipinski definition) is 2. The van der Waals surface area contributed by atoms with Gasteiger partial charge >= 0.3 is 0 Å². The Kier molecular flexibility index (Phi) is 3.99. The van der Waals surface area contributed by atoms with Gasteiger partial charge in [0.05, 0.1) is 5.69 Å². The monoisotopic (exact) mass is 274 g/mol. The predicted octanol–water partition coefficient (Wildman–Crippen LogP) is 4.64. The Hall–Kier alpha value is -1.82. The fraction of sp³-hybridized carbons (Fsp3) is 0. The highest BCUT2D eigenvalue weighted by atomic mass is 35.5. The zero-order valence-corrected chi connectivity index (χ0v) is 10.8. The SMILES string of the molecule is N#C/C(=N\c1ccc(Cl)cc1)c1cccc(Cl)c1. The lowest BCUT2D eigenvalue weighted by atomic mass is 10.1. The Morgan fingerprint density at radius 1 is 1.00 bits per heavy atom. The molecule has 0 spiro atoms. The molecular weight excluding hydrogens is 267 g/mol. The number of nitriles is 1. The molecule has 0 atom stereocenters. The lowest BCUT2D eigenvalue weighted by Crippen LogP contribution is -1.96. The van der Waals surface area contributed by atoms with Gasteiger partial charge in [0.25, 0.3) is 0 Å². The summed E-state index contributed by atoms with van der Waals surface area (Å²) in [7, 11) is 0. The molecule has 4 heteroatoms. The number of hydrogen-bond donors (Lipinski definition) is 0. The number of rotatable bonds is 2. The van der Waals surface area contributed by atoms with E-state index in [9.17, 15) is 0 Å². The lowest BCUT2D eigenvalue weighted by Gasteiger charge is -2.00. The maximum absolute atomic E-state index is 9.14. The molecule has 0 bridgehead atoms. The minimum atomic E-state index is 0.319. The molecule has 2 aromatic carbocycles. The van der Waals surface area contributed by atoms with E-state index in [4.69, 9.17) is 28.5 Å². The van der Waals surface area contributed by atoms with Crippen molar-refractivity contribution < 1.29 is 0 Å². The summed E-state index contributed by atoms with van der Waals surface area (Å²) >= 11 is 11.7. The van der Waals surface area contributed by atoms with Gasteiger partial charge in [0.1, 0.15) is 11.8 Å². The topological polar surface area (TPSA) is 36.1 Å². The second kappa shape index (κ2) is 5.68. The van der Waals surface area contributed by atoms with E-state index in [2.05, 4.69) is 11.1 Å². The van der Waals surface area contributed by atoms with Crippen molar-refractivity contribution in [2.75, 3.05) is 0 Å². The maximum atomic E-state index is 9.14. The van der Waals surface area contributed by atoms with Crippen LogP contribution in [-0.4, -0.2) is 5.71 Å². The van der Waals surface area contributed by atoms with Crippen LogP contribution in [0.25, 0.3) is 0 Å². The summed E-state index contributed by atoms with van der Waals surface area (Å²) in [4.78, 5) is 4.27. The first kappa shape index (κ1) is 12.6. The minimum Gasteiger partial charge on any atom is -0.237 e. The fourth-order valence-electron chi connectivity index (χ4n) is 1.43. The normalized spacial score (nSPS) is 11.1. The van der Waals surface area contributed by atoms with Gasteiger partial charge in [0.15, 0.2) is 0 Å². The van der Waals surface area contributed by atoms with Crippen LogP contribution < -0.4 is 0 Å². The second-order valence-corrected chi connectivity index (χ2v) is 4.43. The summed E-state index contributed by atoms with van der Waals surface area (Å²) in [6, 6.07) is 16.1. The molecule has 0 saturated carbocycles. The summed E-state index contributed by atoms with van der Waals surface area (Å²) in [5, 5.41) is 10.3. The van der Waals surface area contributed by atoms with Crippen molar-refractivity contribution in [2.24, 2.45) is 4.99 Å². The third-order valence-electron chi connectivity index (χ3n) is 2.27. The highest BCUT2D eigenvalue weighted by Gasteiger charge is 2.03. The van der Waals surface area contributed by atoms with Crippen molar-refractivity contribution in [3.05, 3.63) is 64.1 Å². The molecule has 0 aromatic heterocycles. The van der Waals surface area contributed by atoms with Crippen molar-refractivity contribution in [3.63, 3.8) is 0 Å². The molecule has 0 radical (unpaired) electrons. The summed E-state index contributed by atoms with van der Waals surface area (Å²) in [5.74, 6) is 0. The minimum absolute atomic E-state index is 0.319. The van der Waals surface area contributed by atoms with Gasteiger partial charge in [-0.1, -0.05) is 35.3 Å². The Balaban J connectivity index is 2.40. The van der Waals surface area contributed by atoms with E-state index in [0.717, 1.165) is 0 Å². The molecule has 0 aliphatic carbocycles. The Morgan fingerprint density at radius 2 is 1.72 bits per heavy atom. The summed E-state index contributed by atoms with van der Waals surface area (Å²) < 4.78 is 0. The van der Waals surface area contributed by atoms with E-state index in [-0.39, 0.29) is 0 Å². The van der Waals surface area contributed by atoms with Crippen LogP contribution in [0.15, 0.2) is 53.5 Å². The van der Waals surface area contributed by atoms with Crippen LogP contribution in [0.4, 0.5) is 5.69 Å². The Labute approximate surface area is 115 Å². The van der Waals surface area contributed by atoms with Crippen molar-refractivity contribution in [2.45, 2.75) is 0 Å². The van der Waals surface area contributed by atoms with Crippen molar-refractivity contribution in [1.82, 2.24) is 0 Å². The van der Waals surface area contributed by atoms with Gasteiger partial charge in [-0.25, -0.2) is 4.99 Å². The quantitative estimate of drug-likeness (QED) is 0.735. The van der Waals surface area contributed by atoms with E-state index in [0.29, 0.717) is 27.0 Å². The third kappa shape index (κ3) is 3.10. The van der Waals surface area contributed by atoms with Crippen LogP contribution in [0, 0.1) is 11.3 Å². The lowest BCUT2D eigenvalue weighted by molar-refractivity contribution is 1.48. The smallest absolute Gasteiger partial charge is 0.148 e. The molecule has 0 amide bonds. The average Bonchev–Trinajstić information content (AvgIpc) is 2.38. The number of halogens is 2. The van der Waals surface area contributed by atoms with Gasteiger partial charge in [-0.15, -0.1) is 0 Å². The van der Waals surface area contributed by atoms with Crippen LogP contribution in [0.3, 0.4) is 0 Å². The van der Waals surface area contributed by atoms with Gasteiger partial charge in [0.2, 0.25) is 0 Å². The van der Waals surface area contributed by atoms with E-state index in [1.165, 1.54) is 0 Å². The molecule has 0 heterocycles. The highest BCUT2D eigenvalue weighted by Crippen LogP contribution is 2.18. The maximum Gasteiger partial charge on any atom is 0.148 e. The van der Waals surface area contributed by atoms with Crippen LogP contribution in [0.1, 0.15) is 5.56 Å². The molecule has 2 aromatic rings. The zero-order valence-electron chi connectivity index (χ0n) is 9.27. The van der Waals surface area contributed by atoms with E-state index in [1.54, 1.807) is 48.5 Å². The first-order valence-corrected chi connectivity index (χ1v) is 5.95. The van der Waals surface area contributed by atoms with Crippen molar-refractivity contribution >= 4 is 34.6 Å². The van der Waals surface area contributed by atoms with Crippen LogP contribution in [0.5, 0.6) is 0 Å². The molecule has 88 valence electrons. The average molecular weight is 275 g/mol. The number of aliphatic imine (C=N–C) groups is 1. The summed E-state index contributed by atoms with van der Waals surface area (Å²) in [6.45, 7) is 0. The van der Waals surface area contributed by atoms with Gasteiger partial charge in [-0.2, -0.15) is 5.26 Å². The molecule has 0 aliphatic heterocycles. The first-order valence-electron chi connectivity index (χ1n) is 5.19. The molecule has 0 N–H and O–H groups in total. The van der Waals surface area contributed by atoms with Crippen molar-refractivity contribution in [3.8, 4) is 6.07 Å². The van der Waals surface area contributed by atoms with Gasteiger partial charge in [-0.05, 0) is 36.4 Å². The summed E-state index contributed by atoms with van der Waals surface area (Å²) in [5.41, 5.74) is 1.69. The molecule has 0 aliphatic rings. The Bertz CT molecular complexity index is 625. The van der Waals surface area contributed by atoms with Crippen LogP contribution >= 0.6 is 23.2 Å². The molecule has 18 heavy (non-hydrogen) atoms. The van der Waals surface area contributed by atoms with Crippen molar-refractivity contribution in [1.29, 1.82) is 5.26 Å². The fourth-order valence-corrected chi connectivity index (χ4v) is 1.75. The first-order chi connectivity index (χ1) is 8.69. The Morgan fingerprint density at radius 3 is 2.33 bits per heavy atom. The second-order valence-electron chi connectivity index (χ2n) is 3.56. The summed E-state index contributed by atoms with van der Waals surface area (Å²) in [6.07, 6.45) is 0. The van der Waals surface area contributed by atoms with Crippen LogP contribution in [0.2, 0.25) is 10.0 Å². The molecule has 0 unspecified atom stereocenters. The molecule has 0 fully saturated rings. The largest absolute Gasteiger partial charge is 0.237 e. The highest BCUT2D eigenvalue weighted by molar-refractivity contribution is 6.31. The van der Waals surface area contributed by atoms with Gasteiger partial charge in [-0.3, -0.25) is 0 Å². The molecule has 2 nitrogen and oxygen atoms in total. The number of benzene rings is 2. The van der Waals surface area contributed by atoms with E-state index < -0.39 is 0 Å². The standard InChI is InChI=1S/C14H8Cl2N2/c15-11-4-6-13(7-5-11)18-14(9-17)10-2-1-3-12(16)8-10/h1-8H/b18-14+. The molecule has 2 rings (SSSR count). The van der Waals surface area contributed by atoms with Crippen LogP contribution in [-0.2, 0) is 0 Å². The zero-order chi connectivity index (χ0) is 13.0.